The molecule has 2 rings (SSSR count). The van der Waals surface area contributed by atoms with Gasteiger partial charge in [0.2, 0.25) is 5.91 Å². The van der Waals surface area contributed by atoms with Crippen LogP contribution in [0.4, 0.5) is 0 Å². The lowest BCUT2D eigenvalue weighted by atomic mass is 9.74. The molecular weight excluding hydrogens is 256 g/mol. The van der Waals surface area contributed by atoms with Gasteiger partial charge in [0.1, 0.15) is 0 Å². The Morgan fingerprint density at radius 3 is 2.79 bits per heavy atom. The second kappa shape index (κ2) is 7.53. The summed E-state index contributed by atoms with van der Waals surface area (Å²) in [6, 6.07) is 0. The number of nitrogens with one attached hydrogen (secondary N) is 2. The highest BCUT2D eigenvalue weighted by molar-refractivity contribution is 7.99. The number of thioether (sulfide) groups is 1. The number of amides is 1. The van der Waals surface area contributed by atoms with Gasteiger partial charge in [-0.2, -0.15) is 11.8 Å². The number of piperidine rings is 1. The van der Waals surface area contributed by atoms with E-state index in [2.05, 4.69) is 17.6 Å². The predicted molar refractivity (Wildman–Crippen MR) is 82.6 cm³/mol. The lowest BCUT2D eigenvalue weighted by molar-refractivity contribution is -0.133. The van der Waals surface area contributed by atoms with Crippen LogP contribution in [0.5, 0.6) is 0 Å². The standard InChI is InChI=1S/C15H28N2OS/c1-2-6-15(7-9-16-10-8-15)14(18)17-12-13-5-3-4-11-19-13/h13,16H,2-12H2,1H3,(H,17,18). The molecule has 0 aromatic rings. The number of hydrogen-bond acceptors (Lipinski definition) is 3. The quantitative estimate of drug-likeness (QED) is 0.815. The van der Waals surface area contributed by atoms with Gasteiger partial charge in [-0.1, -0.05) is 19.8 Å². The number of rotatable bonds is 5. The molecule has 0 aliphatic carbocycles. The molecule has 2 aliphatic rings. The summed E-state index contributed by atoms with van der Waals surface area (Å²) in [5, 5.41) is 7.29. The Kier molecular flexibility index (Phi) is 6.02. The minimum Gasteiger partial charge on any atom is -0.355 e. The maximum Gasteiger partial charge on any atom is 0.226 e. The lowest BCUT2D eigenvalue weighted by Gasteiger charge is -2.36. The fourth-order valence-corrected chi connectivity index (χ4v) is 4.58. The summed E-state index contributed by atoms with van der Waals surface area (Å²) >= 11 is 2.04. The minimum absolute atomic E-state index is 0.0840. The van der Waals surface area contributed by atoms with Crippen LogP contribution in [0.3, 0.4) is 0 Å². The van der Waals surface area contributed by atoms with Gasteiger partial charge in [0.05, 0.1) is 5.41 Å². The van der Waals surface area contributed by atoms with Crippen LogP contribution in [0.15, 0.2) is 0 Å². The average Bonchev–Trinajstić information content (AvgIpc) is 2.47. The van der Waals surface area contributed by atoms with Gasteiger partial charge in [-0.15, -0.1) is 0 Å². The fraction of sp³-hybridized carbons (Fsp3) is 0.933. The molecule has 19 heavy (non-hydrogen) atoms. The molecule has 0 spiro atoms. The molecular formula is C15H28N2OS. The van der Waals surface area contributed by atoms with Gasteiger partial charge in [-0.25, -0.2) is 0 Å². The monoisotopic (exact) mass is 284 g/mol. The van der Waals surface area contributed by atoms with Crippen molar-refractivity contribution in [2.45, 2.75) is 57.1 Å². The van der Waals surface area contributed by atoms with E-state index >= 15 is 0 Å². The second-order valence-corrected chi connectivity index (χ2v) is 7.39. The van der Waals surface area contributed by atoms with Gasteiger partial charge >= 0.3 is 0 Å². The third kappa shape index (κ3) is 4.12. The Labute approximate surface area is 121 Å². The highest BCUT2D eigenvalue weighted by Gasteiger charge is 2.38. The average molecular weight is 284 g/mol. The molecule has 4 heteroatoms. The van der Waals surface area contributed by atoms with E-state index in [-0.39, 0.29) is 5.41 Å². The van der Waals surface area contributed by atoms with Crippen LogP contribution in [-0.2, 0) is 4.79 Å². The van der Waals surface area contributed by atoms with Crippen molar-refractivity contribution in [3.05, 3.63) is 0 Å². The SMILES string of the molecule is CCCC1(C(=O)NCC2CCCCS2)CCNCC1. The van der Waals surface area contributed by atoms with Gasteiger partial charge in [0, 0.05) is 11.8 Å². The van der Waals surface area contributed by atoms with E-state index in [1.165, 1.54) is 25.0 Å². The molecule has 3 nitrogen and oxygen atoms in total. The van der Waals surface area contributed by atoms with Gasteiger partial charge in [-0.05, 0) is 50.9 Å². The molecule has 0 aromatic carbocycles. The Bertz CT molecular complexity index is 278. The van der Waals surface area contributed by atoms with Crippen molar-refractivity contribution >= 4 is 17.7 Å². The van der Waals surface area contributed by atoms with Crippen molar-refractivity contribution in [1.29, 1.82) is 0 Å². The van der Waals surface area contributed by atoms with E-state index in [4.69, 9.17) is 0 Å². The first-order chi connectivity index (χ1) is 9.27. The molecule has 0 radical (unpaired) electrons. The van der Waals surface area contributed by atoms with Gasteiger partial charge in [-0.3, -0.25) is 4.79 Å². The molecule has 0 saturated carbocycles. The molecule has 2 aliphatic heterocycles. The van der Waals surface area contributed by atoms with Crippen molar-refractivity contribution in [3.8, 4) is 0 Å². The molecule has 0 bridgehead atoms. The van der Waals surface area contributed by atoms with Crippen LogP contribution < -0.4 is 10.6 Å². The normalized spacial score (nSPS) is 26.9. The first kappa shape index (κ1) is 15.2. The van der Waals surface area contributed by atoms with Crippen LogP contribution in [0.2, 0.25) is 0 Å². The van der Waals surface area contributed by atoms with Crippen molar-refractivity contribution in [3.63, 3.8) is 0 Å². The van der Waals surface area contributed by atoms with Gasteiger partial charge < -0.3 is 10.6 Å². The first-order valence-corrected chi connectivity index (χ1v) is 8.92. The minimum atomic E-state index is -0.0840. The summed E-state index contributed by atoms with van der Waals surface area (Å²) in [5.74, 6) is 1.59. The second-order valence-electron chi connectivity index (χ2n) is 5.98. The summed E-state index contributed by atoms with van der Waals surface area (Å²) in [4.78, 5) is 12.6. The van der Waals surface area contributed by atoms with E-state index in [1.807, 2.05) is 11.8 Å². The third-order valence-electron chi connectivity index (χ3n) is 4.54. The summed E-state index contributed by atoms with van der Waals surface area (Å²) < 4.78 is 0. The maximum atomic E-state index is 12.6. The van der Waals surface area contributed by atoms with E-state index < -0.39 is 0 Å². The van der Waals surface area contributed by atoms with Crippen LogP contribution in [-0.4, -0.2) is 36.5 Å². The molecule has 1 atom stereocenters. The first-order valence-electron chi connectivity index (χ1n) is 7.87. The van der Waals surface area contributed by atoms with Crippen molar-refractivity contribution in [2.24, 2.45) is 5.41 Å². The topological polar surface area (TPSA) is 41.1 Å². The third-order valence-corrected chi connectivity index (χ3v) is 5.93. The summed E-state index contributed by atoms with van der Waals surface area (Å²) in [6.45, 7) is 5.05. The van der Waals surface area contributed by atoms with Crippen molar-refractivity contribution < 1.29 is 4.79 Å². The zero-order valence-electron chi connectivity index (χ0n) is 12.2. The molecule has 1 unspecified atom stereocenters. The van der Waals surface area contributed by atoms with E-state index in [1.54, 1.807) is 0 Å². The molecule has 2 heterocycles. The number of carbonyl (C=O) groups excluding carboxylic acids is 1. The Morgan fingerprint density at radius 2 is 2.16 bits per heavy atom. The maximum absolute atomic E-state index is 12.6. The van der Waals surface area contributed by atoms with Crippen LogP contribution in [0, 0.1) is 5.41 Å². The number of carbonyl (C=O) groups is 1. The van der Waals surface area contributed by atoms with E-state index in [9.17, 15) is 4.79 Å². The largest absolute Gasteiger partial charge is 0.355 e. The fourth-order valence-electron chi connectivity index (χ4n) is 3.34. The molecule has 2 saturated heterocycles. The summed E-state index contributed by atoms with van der Waals surface area (Å²) in [6.07, 6.45) is 8.10. The Hall–Kier alpha value is -0.220. The van der Waals surface area contributed by atoms with Gasteiger partial charge in [0.15, 0.2) is 0 Å². The van der Waals surface area contributed by atoms with E-state index in [0.29, 0.717) is 11.2 Å². The summed E-state index contributed by atoms with van der Waals surface area (Å²) in [7, 11) is 0. The molecule has 1 amide bonds. The molecule has 2 N–H and O–H groups in total. The Morgan fingerprint density at radius 1 is 1.37 bits per heavy atom. The smallest absolute Gasteiger partial charge is 0.226 e. The highest BCUT2D eigenvalue weighted by atomic mass is 32.2. The van der Waals surface area contributed by atoms with Crippen molar-refractivity contribution in [2.75, 3.05) is 25.4 Å². The van der Waals surface area contributed by atoms with Crippen LogP contribution >= 0.6 is 11.8 Å². The van der Waals surface area contributed by atoms with E-state index in [0.717, 1.165) is 45.3 Å². The summed E-state index contributed by atoms with van der Waals surface area (Å²) in [5.41, 5.74) is -0.0840. The molecule has 2 fully saturated rings. The molecule has 0 aromatic heterocycles. The Balaban J connectivity index is 1.84. The highest BCUT2D eigenvalue weighted by Crippen LogP contribution is 2.34. The number of hydrogen-bond donors (Lipinski definition) is 2. The predicted octanol–water partition coefficient (Wildman–Crippen LogP) is 2.56. The van der Waals surface area contributed by atoms with Crippen LogP contribution in [0.25, 0.3) is 0 Å². The molecule has 110 valence electrons. The zero-order chi connectivity index (χ0) is 13.6. The lowest BCUT2D eigenvalue weighted by Crippen LogP contribution is -2.48. The van der Waals surface area contributed by atoms with Crippen molar-refractivity contribution in [1.82, 2.24) is 10.6 Å². The van der Waals surface area contributed by atoms with Gasteiger partial charge in [0.25, 0.3) is 0 Å². The van der Waals surface area contributed by atoms with Crippen LogP contribution in [0.1, 0.15) is 51.9 Å². The zero-order valence-corrected chi connectivity index (χ0v) is 13.0.